The van der Waals surface area contributed by atoms with Gasteiger partial charge in [0.2, 0.25) is 0 Å². The summed E-state index contributed by atoms with van der Waals surface area (Å²) in [7, 11) is 0. The molecule has 7 aromatic carbocycles. The van der Waals surface area contributed by atoms with Crippen molar-refractivity contribution in [3.63, 3.8) is 0 Å². The van der Waals surface area contributed by atoms with Crippen molar-refractivity contribution in [1.82, 2.24) is 0 Å². The van der Waals surface area contributed by atoms with E-state index in [0.717, 1.165) is 27.9 Å². The molecule has 9 rings (SSSR count). The minimum atomic E-state index is -0.0596. The number of para-hydroxylation sites is 2. The van der Waals surface area contributed by atoms with Crippen molar-refractivity contribution in [3.05, 3.63) is 163 Å². The minimum absolute atomic E-state index is 0.0596. The van der Waals surface area contributed by atoms with E-state index in [9.17, 15) is 0 Å². The zero-order chi connectivity index (χ0) is 30.1. The lowest BCUT2D eigenvalue weighted by molar-refractivity contribution is 0.660. The van der Waals surface area contributed by atoms with Gasteiger partial charge in [-0.15, -0.1) is 0 Å². The molecule has 0 amide bonds. The third kappa shape index (κ3) is 3.89. The number of hydrogen-bond acceptors (Lipinski definition) is 2. The van der Waals surface area contributed by atoms with E-state index in [1.807, 2.05) is 12.1 Å². The number of anilines is 3. The van der Waals surface area contributed by atoms with Gasteiger partial charge >= 0.3 is 0 Å². The highest BCUT2D eigenvalue weighted by atomic mass is 16.3. The molecule has 0 aliphatic heterocycles. The van der Waals surface area contributed by atoms with E-state index in [2.05, 4.69) is 158 Å². The molecule has 0 N–H and O–H groups in total. The number of hydrogen-bond donors (Lipinski definition) is 0. The fraction of sp³-hybridized carbons (Fsp3) is 0.0698. The lowest BCUT2D eigenvalue weighted by atomic mass is 9.82. The Labute approximate surface area is 262 Å². The lowest BCUT2D eigenvalue weighted by Crippen LogP contribution is -2.16. The van der Waals surface area contributed by atoms with Crippen LogP contribution in [-0.4, -0.2) is 0 Å². The molecule has 1 heterocycles. The van der Waals surface area contributed by atoms with Crippen molar-refractivity contribution in [3.8, 4) is 22.3 Å². The second-order valence-electron chi connectivity index (χ2n) is 12.6. The number of rotatable bonds is 4. The minimum Gasteiger partial charge on any atom is -0.456 e. The first-order valence-corrected chi connectivity index (χ1v) is 15.6. The Morgan fingerprint density at radius 3 is 2.07 bits per heavy atom. The van der Waals surface area contributed by atoms with E-state index in [0.29, 0.717) is 0 Å². The van der Waals surface area contributed by atoms with Gasteiger partial charge in [-0.25, -0.2) is 0 Å². The predicted octanol–water partition coefficient (Wildman–Crippen LogP) is 12.2. The molecule has 2 heteroatoms. The normalized spacial score (nSPS) is 13.3. The predicted molar refractivity (Wildman–Crippen MR) is 189 cm³/mol. The Balaban J connectivity index is 1.19. The van der Waals surface area contributed by atoms with Crippen molar-refractivity contribution >= 4 is 49.8 Å². The average molecular weight is 578 g/mol. The summed E-state index contributed by atoms with van der Waals surface area (Å²) in [5, 5.41) is 4.76. The highest BCUT2D eigenvalue weighted by Crippen LogP contribution is 2.54. The lowest BCUT2D eigenvalue weighted by Gasteiger charge is -2.29. The second kappa shape index (κ2) is 9.70. The van der Waals surface area contributed by atoms with Gasteiger partial charge in [-0.1, -0.05) is 117 Å². The molecule has 8 aromatic rings. The van der Waals surface area contributed by atoms with Crippen LogP contribution in [0.1, 0.15) is 25.0 Å². The third-order valence-electron chi connectivity index (χ3n) is 9.66. The monoisotopic (exact) mass is 577 g/mol. The van der Waals surface area contributed by atoms with Crippen molar-refractivity contribution in [2.75, 3.05) is 4.90 Å². The molecule has 0 radical (unpaired) electrons. The van der Waals surface area contributed by atoms with E-state index in [1.165, 1.54) is 55.2 Å². The molecule has 0 saturated heterocycles. The zero-order valence-electron chi connectivity index (χ0n) is 25.3. The van der Waals surface area contributed by atoms with Crippen LogP contribution >= 0.6 is 0 Å². The maximum absolute atomic E-state index is 6.19. The topological polar surface area (TPSA) is 16.4 Å². The summed E-state index contributed by atoms with van der Waals surface area (Å²) in [4.78, 5) is 2.41. The van der Waals surface area contributed by atoms with Crippen molar-refractivity contribution in [2.24, 2.45) is 0 Å². The van der Waals surface area contributed by atoms with E-state index < -0.39 is 0 Å². The first-order chi connectivity index (χ1) is 22.1. The quantitative estimate of drug-likeness (QED) is 0.207. The summed E-state index contributed by atoms with van der Waals surface area (Å²) < 4.78 is 6.19. The maximum Gasteiger partial charge on any atom is 0.136 e. The number of benzene rings is 7. The Morgan fingerprint density at radius 2 is 1.20 bits per heavy atom. The van der Waals surface area contributed by atoms with Crippen molar-refractivity contribution < 1.29 is 4.42 Å². The van der Waals surface area contributed by atoms with Crippen molar-refractivity contribution in [2.45, 2.75) is 19.3 Å². The van der Waals surface area contributed by atoms with Gasteiger partial charge in [-0.2, -0.15) is 0 Å². The highest BCUT2D eigenvalue weighted by molar-refractivity contribution is 6.19. The number of fused-ring (bicyclic) bond motifs is 8. The summed E-state index contributed by atoms with van der Waals surface area (Å²) in [6, 6.07) is 54.7. The Hall–Kier alpha value is -5.60. The van der Waals surface area contributed by atoms with Gasteiger partial charge in [-0.05, 0) is 87.1 Å². The summed E-state index contributed by atoms with van der Waals surface area (Å²) in [5.74, 6) is 0. The molecule has 214 valence electrons. The summed E-state index contributed by atoms with van der Waals surface area (Å²) in [6.07, 6.45) is 0. The summed E-state index contributed by atoms with van der Waals surface area (Å²) in [6.45, 7) is 4.68. The molecule has 1 aliphatic carbocycles. The molecule has 0 unspecified atom stereocenters. The first-order valence-electron chi connectivity index (χ1n) is 15.6. The van der Waals surface area contributed by atoms with Gasteiger partial charge in [0.1, 0.15) is 11.2 Å². The number of furan rings is 1. The van der Waals surface area contributed by atoms with E-state index >= 15 is 0 Å². The molecule has 45 heavy (non-hydrogen) atoms. The fourth-order valence-corrected chi connectivity index (χ4v) is 7.45. The summed E-state index contributed by atoms with van der Waals surface area (Å²) >= 11 is 0. The zero-order valence-corrected chi connectivity index (χ0v) is 25.3. The molecular weight excluding hydrogens is 546 g/mol. The molecule has 0 fully saturated rings. The van der Waals surface area contributed by atoms with Crippen LogP contribution in [0.3, 0.4) is 0 Å². The fourth-order valence-electron chi connectivity index (χ4n) is 7.45. The molecule has 0 saturated carbocycles. The standard InChI is InChI=1S/C43H31NO/c1-43(2)36-15-8-6-13-33(36)42-37(43)16-10-17-38(42)44(31-11-4-3-5-12-31)32-24-21-28(22-25-32)30-20-19-29-23-26-40-41(35(29)27-30)34-14-7-9-18-39(34)45-40/h3-27H,1-2H3. The van der Waals surface area contributed by atoms with Crippen LogP contribution in [0.15, 0.2) is 156 Å². The van der Waals surface area contributed by atoms with E-state index in [-0.39, 0.29) is 5.41 Å². The maximum atomic E-state index is 6.19. The van der Waals surface area contributed by atoms with Crippen LogP contribution in [0, 0.1) is 0 Å². The van der Waals surface area contributed by atoms with Gasteiger partial charge in [0.05, 0.1) is 5.69 Å². The van der Waals surface area contributed by atoms with Crippen LogP contribution in [0.4, 0.5) is 17.1 Å². The molecule has 2 nitrogen and oxygen atoms in total. The summed E-state index contributed by atoms with van der Waals surface area (Å²) in [5.41, 5.74) is 13.0. The van der Waals surface area contributed by atoms with Crippen molar-refractivity contribution in [1.29, 1.82) is 0 Å². The second-order valence-corrected chi connectivity index (χ2v) is 12.6. The van der Waals surface area contributed by atoms with Crippen LogP contribution in [0.5, 0.6) is 0 Å². The van der Waals surface area contributed by atoms with Gasteiger partial charge in [0.25, 0.3) is 0 Å². The van der Waals surface area contributed by atoms with Gasteiger partial charge in [-0.3, -0.25) is 0 Å². The molecule has 1 aromatic heterocycles. The molecular formula is C43H31NO. The highest BCUT2D eigenvalue weighted by Gasteiger charge is 2.37. The molecule has 0 spiro atoms. The average Bonchev–Trinajstić information content (AvgIpc) is 3.59. The Morgan fingerprint density at radius 1 is 0.511 bits per heavy atom. The van der Waals surface area contributed by atoms with Crippen LogP contribution in [0.2, 0.25) is 0 Å². The van der Waals surface area contributed by atoms with Crippen LogP contribution in [0.25, 0.3) is 55.0 Å². The van der Waals surface area contributed by atoms with Gasteiger partial charge in [0, 0.05) is 33.1 Å². The van der Waals surface area contributed by atoms with Crippen LogP contribution in [-0.2, 0) is 5.41 Å². The van der Waals surface area contributed by atoms with E-state index in [1.54, 1.807) is 0 Å². The smallest absolute Gasteiger partial charge is 0.136 e. The van der Waals surface area contributed by atoms with Gasteiger partial charge in [0.15, 0.2) is 0 Å². The molecule has 1 aliphatic rings. The SMILES string of the molecule is CC1(C)c2ccccc2-c2c(N(c3ccccc3)c3ccc(-c4ccc5ccc6oc7ccccc7c6c5c4)cc3)cccc21. The third-order valence-corrected chi connectivity index (χ3v) is 9.66. The van der Waals surface area contributed by atoms with Crippen LogP contribution < -0.4 is 4.90 Å². The largest absolute Gasteiger partial charge is 0.456 e. The first kappa shape index (κ1) is 25.9. The molecule has 0 bridgehead atoms. The molecule has 0 atom stereocenters. The van der Waals surface area contributed by atoms with E-state index in [4.69, 9.17) is 4.42 Å². The van der Waals surface area contributed by atoms with Gasteiger partial charge < -0.3 is 9.32 Å². The Kier molecular flexibility index (Phi) is 5.58. The Bertz CT molecular complexity index is 2400. The number of nitrogens with zero attached hydrogens (tertiary/aromatic N) is 1.